The van der Waals surface area contributed by atoms with E-state index in [1.54, 1.807) is 0 Å². The van der Waals surface area contributed by atoms with Gasteiger partial charge in [0.1, 0.15) is 11.5 Å². The molecule has 0 radical (unpaired) electrons. The van der Waals surface area contributed by atoms with Crippen LogP contribution in [0.3, 0.4) is 0 Å². The van der Waals surface area contributed by atoms with Crippen molar-refractivity contribution in [2.45, 2.75) is 47.6 Å². The molecule has 0 atom stereocenters. The van der Waals surface area contributed by atoms with E-state index in [1.165, 1.54) is 5.69 Å². The fraction of sp³-hybridized carbons (Fsp3) is 0.583. The summed E-state index contributed by atoms with van der Waals surface area (Å²) in [5.74, 6) is 1.36. The minimum Gasteiger partial charge on any atom is -0.369 e. The van der Waals surface area contributed by atoms with Gasteiger partial charge in [-0.2, -0.15) is 0 Å². The van der Waals surface area contributed by atoms with E-state index in [-0.39, 0.29) is 43.1 Å². The van der Waals surface area contributed by atoms with Gasteiger partial charge in [-0.25, -0.2) is 4.98 Å². The van der Waals surface area contributed by atoms with Gasteiger partial charge < -0.3 is 14.8 Å². The number of nitrogens with zero attached hydrogens (tertiary/aromatic N) is 4. The lowest BCUT2D eigenvalue weighted by Gasteiger charge is -2.37. The predicted octanol–water partition coefficient (Wildman–Crippen LogP) is 5.33. The number of benzene rings is 1. The van der Waals surface area contributed by atoms with Gasteiger partial charge in [-0.15, -0.1) is 37.2 Å². The molecule has 1 aliphatic rings. The zero-order valence-corrected chi connectivity index (χ0v) is 24.0. The van der Waals surface area contributed by atoms with Crippen molar-refractivity contribution in [3.05, 3.63) is 46.0 Å². The van der Waals surface area contributed by atoms with Crippen LogP contribution >= 0.6 is 48.8 Å². The van der Waals surface area contributed by atoms with Gasteiger partial charge in [0.05, 0.1) is 0 Å². The molecule has 1 aromatic heterocycles. The molecule has 194 valence electrons. The van der Waals surface area contributed by atoms with Crippen LogP contribution < -0.4 is 10.2 Å². The number of rotatable bonds is 8. The van der Waals surface area contributed by atoms with Gasteiger partial charge in [0.15, 0.2) is 0 Å². The summed E-state index contributed by atoms with van der Waals surface area (Å²) >= 11 is 6.28. The van der Waals surface area contributed by atoms with Crippen molar-refractivity contribution in [3.63, 3.8) is 0 Å². The molecule has 1 fully saturated rings. The Morgan fingerprint density at radius 2 is 1.74 bits per heavy atom. The third-order valence-corrected chi connectivity index (χ3v) is 6.47. The molecular formula is C24H39Cl4N5O. The van der Waals surface area contributed by atoms with Crippen molar-refractivity contribution < 1.29 is 4.79 Å². The molecule has 10 heteroatoms. The van der Waals surface area contributed by atoms with Crippen LogP contribution in [0.4, 0.5) is 5.69 Å². The van der Waals surface area contributed by atoms with E-state index < -0.39 is 0 Å². The average molecular weight is 555 g/mol. The second-order valence-electron chi connectivity index (χ2n) is 8.92. The Bertz CT molecular complexity index is 911. The number of hydrogen-bond donors (Lipinski definition) is 1. The lowest BCUT2D eigenvalue weighted by Crippen LogP contribution is -2.47. The number of aryl methyl sites for hydroxylation is 1. The topological polar surface area (TPSA) is 53.4 Å². The third-order valence-electron chi connectivity index (χ3n) is 6.06. The predicted molar refractivity (Wildman–Crippen MR) is 150 cm³/mol. The SMILES string of the molecule is Cc1c(Cl)cccc1N1CCN(CCCNC(=O)c2nc(C)n(CC(C)C)c2C)CC1.Cl.Cl.Cl. The van der Waals surface area contributed by atoms with Crippen LogP contribution in [-0.4, -0.2) is 59.6 Å². The highest BCUT2D eigenvalue weighted by atomic mass is 35.5. The second-order valence-corrected chi connectivity index (χ2v) is 9.33. The highest BCUT2D eigenvalue weighted by Gasteiger charge is 2.20. The molecule has 1 N–H and O–H groups in total. The number of aromatic nitrogens is 2. The first-order valence-electron chi connectivity index (χ1n) is 11.3. The van der Waals surface area contributed by atoms with Crippen molar-refractivity contribution in [1.29, 1.82) is 0 Å². The summed E-state index contributed by atoms with van der Waals surface area (Å²) in [6, 6.07) is 6.12. The lowest BCUT2D eigenvalue weighted by atomic mass is 10.1. The minimum absolute atomic E-state index is 0. The number of anilines is 1. The minimum atomic E-state index is -0.0654. The Morgan fingerprint density at radius 3 is 2.35 bits per heavy atom. The molecule has 1 amide bonds. The third kappa shape index (κ3) is 8.20. The second kappa shape index (κ2) is 15.0. The van der Waals surface area contributed by atoms with Gasteiger partial charge in [0, 0.05) is 55.7 Å². The molecule has 1 aliphatic heterocycles. The van der Waals surface area contributed by atoms with E-state index in [0.717, 1.165) is 67.8 Å². The number of amides is 1. The first-order chi connectivity index (χ1) is 14.8. The summed E-state index contributed by atoms with van der Waals surface area (Å²) < 4.78 is 2.14. The lowest BCUT2D eigenvalue weighted by molar-refractivity contribution is 0.0946. The zero-order valence-electron chi connectivity index (χ0n) is 20.8. The Morgan fingerprint density at radius 1 is 1.09 bits per heavy atom. The van der Waals surface area contributed by atoms with Gasteiger partial charge in [0.2, 0.25) is 0 Å². The fourth-order valence-electron chi connectivity index (χ4n) is 4.26. The monoisotopic (exact) mass is 553 g/mol. The molecule has 0 bridgehead atoms. The molecule has 34 heavy (non-hydrogen) atoms. The molecule has 1 saturated heterocycles. The summed E-state index contributed by atoms with van der Waals surface area (Å²) in [6.07, 6.45) is 0.937. The molecule has 1 aromatic carbocycles. The van der Waals surface area contributed by atoms with Gasteiger partial charge in [-0.3, -0.25) is 9.69 Å². The Balaban J connectivity index is 0.00000363. The smallest absolute Gasteiger partial charge is 0.271 e. The van der Waals surface area contributed by atoms with Gasteiger partial charge >= 0.3 is 0 Å². The van der Waals surface area contributed by atoms with E-state index in [1.807, 2.05) is 26.0 Å². The van der Waals surface area contributed by atoms with Crippen molar-refractivity contribution in [1.82, 2.24) is 19.8 Å². The maximum absolute atomic E-state index is 12.6. The van der Waals surface area contributed by atoms with Crippen molar-refractivity contribution >= 4 is 60.4 Å². The van der Waals surface area contributed by atoms with E-state index >= 15 is 0 Å². The van der Waals surface area contributed by atoms with E-state index in [2.05, 4.69) is 51.5 Å². The molecule has 0 spiro atoms. The maximum Gasteiger partial charge on any atom is 0.271 e. The number of hydrogen-bond acceptors (Lipinski definition) is 4. The molecule has 0 saturated carbocycles. The number of carbonyl (C=O) groups is 1. The maximum atomic E-state index is 12.6. The fourth-order valence-corrected chi connectivity index (χ4v) is 4.43. The largest absolute Gasteiger partial charge is 0.369 e. The standard InChI is InChI=1S/C24H36ClN5O.3ClH/c1-17(2)16-30-19(4)23(27-20(30)5)24(31)26-10-7-11-28-12-14-29(15-13-28)22-9-6-8-21(25)18(22)3;;;/h6,8-9,17H,7,10-16H2,1-5H3,(H,26,31);3*1H. The Labute approximate surface area is 228 Å². The highest BCUT2D eigenvalue weighted by Crippen LogP contribution is 2.27. The Kier molecular flexibility index (Phi) is 14.5. The average Bonchev–Trinajstić information content (AvgIpc) is 3.01. The number of halogens is 4. The molecule has 0 unspecified atom stereocenters. The first kappa shape index (κ1) is 32.8. The normalized spacial score (nSPS) is 13.7. The zero-order chi connectivity index (χ0) is 22.5. The van der Waals surface area contributed by atoms with Crippen LogP contribution in [0, 0.1) is 26.7 Å². The Hall–Kier alpha value is -1.18. The number of carbonyl (C=O) groups excluding carboxylic acids is 1. The summed E-state index contributed by atoms with van der Waals surface area (Å²) in [6.45, 7) is 17.0. The number of piperazine rings is 1. The molecule has 2 aromatic rings. The van der Waals surface area contributed by atoms with Crippen LogP contribution in [-0.2, 0) is 6.54 Å². The van der Waals surface area contributed by atoms with Crippen LogP contribution in [0.5, 0.6) is 0 Å². The van der Waals surface area contributed by atoms with Crippen LogP contribution in [0.2, 0.25) is 5.02 Å². The summed E-state index contributed by atoms with van der Waals surface area (Å²) in [7, 11) is 0. The number of imidazole rings is 1. The number of nitrogens with one attached hydrogen (secondary N) is 1. The molecular weight excluding hydrogens is 516 g/mol. The molecule has 3 rings (SSSR count). The van der Waals surface area contributed by atoms with Crippen LogP contribution in [0.25, 0.3) is 0 Å². The first-order valence-corrected chi connectivity index (χ1v) is 11.7. The molecule has 2 heterocycles. The highest BCUT2D eigenvalue weighted by molar-refractivity contribution is 6.31. The van der Waals surface area contributed by atoms with Gasteiger partial charge in [0.25, 0.3) is 5.91 Å². The quantitative estimate of drug-likeness (QED) is 0.448. The summed E-state index contributed by atoms with van der Waals surface area (Å²) in [5.41, 5.74) is 3.91. The molecule has 0 aliphatic carbocycles. The van der Waals surface area contributed by atoms with E-state index in [0.29, 0.717) is 18.2 Å². The van der Waals surface area contributed by atoms with Gasteiger partial charge in [-0.1, -0.05) is 31.5 Å². The van der Waals surface area contributed by atoms with Gasteiger partial charge in [-0.05, 0) is 57.4 Å². The van der Waals surface area contributed by atoms with E-state index in [9.17, 15) is 4.79 Å². The van der Waals surface area contributed by atoms with Crippen molar-refractivity contribution in [2.24, 2.45) is 5.92 Å². The van der Waals surface area contributed by atoms with Crippen molar-refractivity contribution in [3.8, 4) is 0 Å². The van der Waals surface area contributed by atoms with Crippen LogP contribution in [0.1, 0.15) is 47.8 Å². The van der Waals surface area contributed by atoms with Crippen LogP contribution in [0.15, 0.2) is 18.2 Å². The van der Waals surface area contributed by atoms with Crippen molar-refractivity contribution in [2.75, 3.05) is 44.2 Å². The summed E-state index contributed by atoms with van der Waals surface area (Å²) in [4.78, 5) is 22.0. The summed E-state index contributed by atoms with van der Waals surface area (Å²) in [5, 5.41) is 3.88. The van der Waals surface area contributed by atoms with E-state index in [4.69, 9.17) is 11.6 Å². The molecule has 6 nitrogen and oxygen atoms in total.